The van der Waals surface area contributed by atoms with Crippen molar-refractivity contribution in [3.8, 4) is 16.8 Å². The average molecular weight is 569 g/mol. The van der Waals surface area contributed by atoms with E-state index in [1.165, 1.54) is 42.1 Å². The van der Waals surface area contributed by atoms with Gasteiger partial charge in [-0.3, -0.25) is 0 Å². The topological polar surface area (TPSA) is 22.4 Å². The van der Waals surface area contributed by atoms with Crippen molar-refractivity contribution < 1.29 is 4.42 Å². The lowest BCUT2D eigenvalue weighted by molar-refractivity contribution is 0.668. The van der Waals surface area contributed by atoms with Crippen LogP contribution in [0.3, 0.4) is 0 Å². The van der Waals surface area contributed by atoms with E-state index < -0.39 is 0 Å². The maximum Gasteiger partial charge on any atom is 0.229 e. The number of rotatable bonds is 2. The van der Waals surface area contributed by atoms with Gasteiger partial charge in [-0.25, -0.2) is 4.85 Å². The van der Waals surface area contributed by atoms with Crippen LogP contribution in [0.15, 0.2) is 114 Å². The number of thiophene rings is 1. The zero-order valence-electron chi connectivity index (χ0n) is 23.6. The van der Waals surface area contributed by atoms with E-state index in [4.69, 9.17) is 11.0 Å². The molecule has 0 saturated carbocycles. The van der Waals surface area contributed by atoms with Crippen LogP contribution in [0.2, 0.25) is 0 Å². The third-order valence-corrected chi connectivity index (χ3v) is 9.88. The Morgan fingerprint density at radius 3 is 2.12 bits per heavy atom. The molecule has 43 heavy (non-hydrogen) atoms. The molecule has 0 aliphatic carbocycles. The van der Waals surface area contributed by atoms with Crippen molar-refractivity contribution in [2.24, 2.45) is 0 Å². The Morgan fingerprint density at radius 1 is 0.628 bits per heavy atom. The second-order valence-corrected chi connectivity index (χ2v) is 12.5. The highest BCUT2D eigenvalue weighted by Gasteiger charge is 2.21. The van der Waals surface area contributed by atoms with Gasteiger partial charge in [0.2, 0.25) is 5.69 Å². The van der Waals surface area contributed by atoms with Crippen LogP contribution < -0.4 is 0 Å². The van der Waals surface area contributed by atoms with E-state index >= 15 is 0 Å². The highest BCUT2D eigenvalue weighted by Crippen LogP contribution is 2.45. The molecule has 0 amide bonds. The minimum absolute atomic E-state index is 0.524. The molecule has 4 heteroatoms. The van der Waals surface area contributed by atoms with Gasteiger partial charge in [-0.2, -0.15) is 0 Å². The summed E-state index contributed by atoms with van der Waals surface area (Å²) in [6.07, 6.45) is 0. The van der Waals surface area contributed by atoms with Crippen molar-refractivity contribution in [1.29, 1.82) is 0 Å². The van der Waals surface area contributed by atoms with Gasteiger partial charge in [0.15, 0.2) is 5.58 Å². The number of furan rings is 1. The molecule has 0 bridgehead atoms. The smallest absolute Gasteiger partial charge is 0.229 e. The predicted molar refractivity (Wildman–Crippen MR) is 182 cm³/mol. The van der Waals surface area contributed by atoms with E-state index in [1.54, 1.807) is 0 Å². The lowest BCUT2D eigenvalue weighted by atomic mass is 9.97. The molecule has 0 unspecified atom stereocenters. The standard InChI is InChI=1S/C39H24N2OS/c1-22-11-16-32-28(19-22)29-20-23(2)12-17-33(29)41(32)34-9-6-8-27-37-25(14-15-31(40-3)39(37)42-38(27)34)24-13-18-36-30(21-24)26-7-4-5-10-35(26)43-36/h4-21H,1-2H3. The van der Waals surface area contributed by atoms with Gasteiger partial charge >= 0.3 is 0 Å². The maximum absolute atomic E-state index is 7.96. The number of para-hydroxylation sites is 1. The Morgan fingerprint density at radius 2 is 1.35 bits per heavy atom. The highest BCUT2D eigenvalue weighted by molar-refractivity contribution is 7.25. The summed E-state index contributed by atoms with van der Waals surface area (Å²) in [5.41, 5.74) is 9.86. The zero-order chi connectivity index (χ0) is 28.8. The summed E-state index contributed by atoms with van der Waals surface area (Å²) in [4.78, 5) is 3.87. The molecule has 3 heterocycles. The molecule has 0 radical (unpaired) electrons. The van der Waals surface area contributed by atoms with Gasteiger partial charge in [0.1, 0.15) is 5.58 Å². The van der Waals surface area contributed by atoms with Crippen LogP contribution in [0.4, 0.5) is 5.69 Å². The largest absolute Gasteiger partial charge is 0.465 e. The fourth-order valence-electron chi connectivity index (χ4n) is 6.78. The molecule has 202 valence electrons. The molecule has 9 aromatic rings. The van der Waals surface area contributed by atoms with Crippen LogP contribution in [0.25, 0.3) is 85.6 Å². The van der Waals surface area contributed by atoms with Crippen molar-refractivity contribution in [3.05, 3.63) is 132 Å². The molecule has 3 nitrogen and oxygen atoms in total. The van der Waals surface area contributed by atoms with Crippen LogP contribution in [0.1, 0.15) is 11.1 Å². The molecule has 0 aliphatic heterocycles. The van der Waals surface area contributed by atoms with Crippen LogP contribution in [0.5, 0.6) is 0 Å². The van der Waals surface area contributed by atoms with Crippen molar-refractivity contribution in [1.82, 2.24) is 4.57 Å². The summed E-state index contributed by atoms with van der Waals surface area (Å²) in [6, 6.07) is 38.9. The molecule has 0 atom stereocenters. The number of aromatic nitrogens is 1. The first kappa shape index (κ1) is 24.2. The number of nitrogens with zero attached hydrogens (tertiary/aromatic N) is 2. The van der Waals surface area contributed by atoms with Crippen molar-refractivity contribution in [2.45, 2.75) is 13.8 Å². The molecule has 3 aromatic heterocycles. The van der Waals surface area contributed by atoms with Gasteiger partial charge in [0.05, 0.1) is 23.3 Å². The van der Waals surface area contributed by atoms with E-state index in [2.05, 4.69) is 126 Å². The van der Waals surface area contributed by atoms with Crippen LogP contribution in [0, 0.1) is 20.4 Å². The molecule has 0 spiro atoms. The number of benzene rings is 6. The average Bonchev–Trinajstić information content (AvgIpc) is 3.70. The van der Waals surface area contributed by atoms with E-state index in [1.807, 2.05) is 17.4 Å². The second kappa shape index (κ2) is 8.82. The summed E-state index contributed by atoms with van der Waals surface area (Å²) in [5, 5.41) is 6.98. The number of hydrogen-bond donors (Lipinski definition) is 0. The monoisotopic (exact) mass is 568 g/mol. The SMILES string of the molecule is [C-]#[N+]c1ccc(-c2ccc3sc4ccccc4c3c2)c2c1oc1c(-n3c4ccc(C)cc4c4cc(C)ccc43)cccc12. The molecular weight excluding hydrogens is 545 g/mol. The first-order chi connectivity index (χ1) is 21.1. The molecular formula is C39H24N2OS. The highest BCUT2D eigenvalue weighted by atomic mass is 32.1. The molecule has 0 saturated heterocycles. The first-order valence-corrected chi connectivity index (χ1v) is 15.2. The molecule has 0 N–H and O–H groups in total. The lowest BCUT2D eigenvalue weighted by Gasteiger charge is -2.09. The van der Waals surface area contributed by atoms with Gasteiger partial charge in [-0.05, 0) is 73.5 Å². The summed E-state index contributed by atoms with van der Waals surface area (Å²) in [6.45, 7) is 12.2. The Labute approximate surface area is 251 Å². The Kier molecular flexibility index (Phi) is 4.97. The summed E-state index contributed by atoms with van der Waals surface area (Å²) in [5.74, 6) is 0. The van der Waals surface area contributed by atoms with Crippen LogP contribution >= 0.6 is 11.3 Å². The molecule has 9 rings (SSSR count). The van der Waals surface area contributed by atoms with E-state index in [0.29, 0.717) is 11.3 Å². The van der Waals surface area contributed by atoms with Gasteiger partial charge in [0.25, 0.3) is 0 Å². The fraction of sp³-hybridized carbons (Fsp3) is 0.0513. The summed E-state index contributed by atoms with van der Waals surface area (Å²) < 4.78 is 11.6. The Balaban J connectivity index is 1.37. The molecule has 0 aliphatic rings. The Hall–Kier alpha value is -5.37. The van der Waals surface area contributed by atoms with Crippen molar-refractivity contribution in [2.75, 3.05) is 0 Å². The van der Waals surface area contributed by atoms with E-state index in [9.17, 15) is 0 Å². The molecule has 6 aromatic carbocycles. The number of hydrogen-bond acceptors (Lipinski definition) is 2. The summed E-state index contributed by atoms with van der Waals surface area (Å²) >= 11 is 1.82. The van der Waals surface area contributed by atoms with Crippen LogP contribution in [-0.4, -0.2) is 4.57 Å². The van der Waals surface area contributed by atoms with E-state index in [-0.39, 0.29) is 0 Å². The van der Waals surface area contributed by atoms with Crippen molar-refractivity contribution >= 4 is 80.9 Å². The maximum atomic E-state index is 7.96. The fourth-order valence-corrected chi connectivity index (χ4v) is 7.87. The van der Waals surface area contributed by atoms with Gasteiger partial charge in [-0.1, -0.05) is 71.8 Å². The number of aryl methyl sites for hydroxylation is 2. The predicted octanol–water partition coefficient (Wildman–Crippen LogP) is 11.9. The zero-order valence-corrected chi connectivity index (χ0v) is 24.4. The third-order valence-electron chi connectivity index (χ3n) is 8.73. The third kappa shape index (κ3) is 3.40. The minimum atomic E-state index is 0.524. The minimum Gasteiger partial charge on any atom is -0.465 e. The summed E-state index contributed by atoms with van der Waals surface area (Å²) in [7, 11) is 0. The second-order valence-electron chi connectivity index (χ2n) is 11.4. The number of fused-ring (bicyclic) bond motifs is 9. The normalized spacial score (nSPS) is 11.9. The van der Waals surface area contributed by atoms with Gasteiger partial charge in [-0.15, -0.1) is 11.3 Å². The molecule has 0 fully saturated rings. The quantitative estimate of drug-likeness (QED) is 0.190. The Bertz CT molecular complexity index is 2600. The van der Waals surface area contributed by atoms with Gasteiger partial charge < -0.3 is 8.98 Å². The van der Waals surface area contributed by atoms with Gasteiger partial charge in [0, 0.05) is 41.7 Å². The lowest BCUT2D eigenvalue weighted by Crippen LogP contribution is -1.94. The first-order valence-electron chi connectivity index (χ1n) is 14.4. The van der Waals surface area contributed by atoms with Crippen molar-refractivity contribution in [3.63, 3.8) is 0 Å². The van der Waals surface area contributed by atoms with E-state index in [0.717, 1.165) is 44.2 Å². The van der Waals surface area contributed by atoms with Crippen LogP contribution in [-0.2, 0) is 0 Å².